The maximum Gasteiger partial charge on any atom is 0.354 e. The van der Waals surface area contributed by atoms with E-state index in [1.165, 1.54) is 12.1 Å². The van der Waals surface area contributed by atoms with Crippen LogP contribution in [-0.4, -0.2) is 66.1 Å². The minimum atomic E-state index is -1.06. The number of pyridine rings is 1. The van der Waals surface area contributed by atoms with Crippen molar-refractivity contribution in [2.75, 3.05) is 19.7 Å². The third-order valence-electron chi connectivity index (χ3n) is 7.34. The fraction of sp³-hybridized carbons (Fsp3) is 0.407. The van der Waals surface area contributed by atoms with Gasteiger partial charge in [-0.3, -0.25) is 9.58 Å². The average molecular weight is 555 g/mol. The highest BCUT2D eigenvalue weighted by atomic mass is 35.5. The van der Waals surface area contributed by atoms with Gasteiger partial charge in [-0.15, -0.1) is 5.10 Å². The van der Waals surface area contributed by atoms with Crippen LogP contribution in [0, 0.1) is 5.82 Å². The summed E-state index contributed by atoms with van der Waals surface area (Å²) in [6.07, 6.45) is 4.76. The predicted molar refractivity (Wildman–Crippen MR) is 140 cm³/mol. The van der Waals surface area contributed by atoms with Crippen molar-refractivity contribution in [3.63, 3.8) is 0 Å². The van der Waals surface area contributed by atoms with Crippen LogP contribution in [0.2, 0.25) is 5.02 Å². The molecule has 1 N–H and O–H groups in total. The van der Waals surface area contributed by atoms with Crippen molar-refractivity contribution in [2.24, 2.45) is 0 Å². The number of aromatic carboxylic acids is 1. The van der Waals surface area contributed by atoms with Crippen molar-refractivity contribution in [1.82, 2.24) is 29.2 Å². The molecule has 204 valence electrons. The number of hydrogen-bond donors (Lipinski definition) is 1. The summed E-state index contributed by atoms with van der Waals surface area (Å²) in [6, 6.07) is 9.75. The first-order valence-corrected chi connectivity index (χ1v) is 13.4. The molecular formula is C27H28ClFN6O4. The molecule has 0 radical (unpaired) electrons. The van der Waals surface area contributed by atoms with Crippen molar-refractivity contribution in [2.45, 2.75) is 51.1 Å². The molecule has 2 aliphatic heterocycles. The second-order valence-corrected chi connectivity index (χ2v) is 10.4. The van der Waals surface area contributed by atoms with Gasteiger partial charge in [0.1, 0.15) is 23.8 Å². The highest BCUT2D eigenvalue weighted by Gasteiger charge is 2.26. The Hall–Kier alpha value is -3.54. The maximum absolute atomic E-state index is 14.0. The molecule has 5 heterocycles. The summed E-state index contributed by atoms with van der Waals surface area (Å²) in [5.74, 6) is -0.149. The van der Waals surface area contributed by atoms with Crippen molar-refractivity contribution >= 4 is 28.7 Å². The number of halogens is 2. The molecule has 2 saturated heterocycles. The molecule has 2 fully saturated rings. The van der Waals surface area contributed by atoms with E-state index in [0.717, 1.165) is 44.8 Å². The molecule has 10 nitrogen and oxygen atoms in total. The second kappa shape index (κ2) is 10.9. The quantitative estimate of drug-likeness (QED) is 0.326. The fourth-order valence-corrected chi connectivity index (χ4v) is 5.20. The summed E-state index contributed by atoms with van der Waals surface area (Å²) in [7, 11) is 0. The summed E-state index contributed by atoms with van der Waals surface area (Å²) >= 11 is 5.82. The first kappa shape index (κ1) is 25.7. The Morgan fingerprint density at radius 2 is 1.97 bits per heavy atom. The van der Waals surface area contributed by atoms with E-state index in [9.17, 15) is 14.3 Å². The van der Waals surface area contributed by atoms with Crippen molar-refractivity contribution in [1.29, 1.82) is 0 Å². The molecule has 3 aromatic heterocycles. The lowest BCUT2D eigenvalue weighted by molar-refractivity contribution is -0.0593. The van der Waals surface area contributed by atoms with Crippen LogP contribution >= 0.6 is 11.6 Å². The molecule has 39 heavy (non-hydrogen) atoms. The van der Waals surface area contributed by atoms with Gasteiger partial charge in [0.15, 0.2) is 11.3 Å². The van der Waals surface area contributed by atoms with Crippen molar-refractivity contribution < 1.29 is 23.8 Å². The van der Waals surface area contributed by atoms with E-state index >= 15 is 0 Å². The second-order valence-electron chi connectivity index (χ2n) is 9.93. The third-order valence-corrected chi connectivity index (χ3v) is 7.58. The highest BCUT2D eigenvalue weighted by molar-refractivity contribution is 6.30. The molecule has 0 amide bonds. The first-order chi connectivity index (χ1) is 18.9. The number of rotatable bonds is 9. The van der Waals surface area contributed by atoms with Crippen molar-refractivity contribution in [3.8, 4) is 5.88 Å². The molecule has 0 unspecified atom stereocenters. The lowest BCUT2D eigenvalue weighted by atomic mass is 10.1. The van der Waals surface area contributed by atoms with Crippen LogP contribution in [0.15, 0.2) is 42.6 Å². The minimum absolute atomic E-state index is 0.00594. The van der Waals surface area contributed by atoms with Gasteiger partial charge < -0.3 is 19.1 Å². The SMILES string of the molecule is O=C(O)c1ccc2nc(CN3CCC(n4ccc(OCc5ccc(Cl)cc5F)n4)CC3)n(C[C@@H]3CCO3)c2n1. The number of piperidine rings is 1. The van der Waals surface area contributed by atoms with E-state index < -0.39 is 11.8 Å². The maximum atomic E-state index is 14.0. The molecule has 1 aromatic carbocycles. The minimum Gasteiger partial charge on any atom is -0.477 e. The number of ether oxygens (including phenoxy) is 2. The summed E-state index contributed by atoms with van der Waals surface area (Å²) in [4.78, 5) is 23.0. The number of carboxylic acid groups (broad SMARTS) is 1. The lowest BCUT2D eigenvalue weighted by Crippen LogP contribution is -2.36. The molecule has 4 aromatic rings. The van der Waals surface area contributed by atoms with Crippen LogP contribution in [0.1, 0.15) is 47.2 Å². The van der Waals surface area contributed by atoms with E-state index in [4.69, 9.17) is 26.1 Å². The summed E-state index contributed by atoms with van der Waals surface area (Å²) in [6.45, 7) is 3.77. The Morgan fingerprint density at radius 3 is 2.69 bits per heavy atom. The van der Waals surface area contributed by atoms with Crippen LogP contribution in [0.25, 0.3) is 11.2 Å². The molecular weight excluding hydrogens is 527 g/mol. The van der Waals surface area contributed by atoms with Crippen LogP contribution in [-0.2, 0) is 24.4 Å². The molecule has 12 heteroatoms. The van der Waals surface area contributed by atoms with Gasteiger partial charge in [-0.25, -0.2) is 19.2 Å². The molecule has 6 rings (SSSR count). The van der Waals surface area contributed by atoms with Crippen LogP contribution in [0.4, 0.5) is 4.39 Å². The number of carbonyl (C=O) groups is 1. The van der Waals surface area contributed by atoms with Gasteiger partial charge in [0.25, 0.3) is 0 Å². The summed E-state index contributed by atoms with van der Waals surface area (Å²) in [5.41, 5.74) is 1.70. The number of fused-ring (bicyclic) bond motifs is 1. The average Bonchev–Trinajstić information content (AvgIpc) is 3.50. The largest absolute Gasteiger partial charge is 0.477 e. The topological polar surface area (TPSA) is 108 Å². The van der Waals surface area contributed by atoms with E-state index in [0.29, 0.717) is 40.7 Å². The Kier molecular flexibility index (Phi) is 7.20. The van der Waals surface area contributed by atoms with Gasteiger partial charge in [0.05, 0.1) is 25.2 Å². The monoisotopic (exact) mass is 554 g/mol. The standard InChI is InChI=1S/C27H28ClFN6O4/c28-18-2-1-17(21(29)13-18)16-39-25-7-11-35(32-25)19-5-9-33(10-6-19)15-24-30-22-3-4-23(27(36)37)31-26(22)34(24)14-20-8-12-38-20/h1-4,7,11,13,19-20H,5-6,8-10,12,14-16H2,(H,36,37)/t20-/m0/s1. The molecule has 0 aliphatic carbocycles. The number of nitrogens with zero attached hydrogens (tertiary/aromatic N) is 6. The van der Waals surface area contributed by atoms with E-state index in [-0.39, 0.29) is 24.4 Å². The Labute approximate surface area is 228 Å². The zero-order valence-electron chi connectivity index (χ0n) is 21.2. The Balaban J connectivity index is 1.09. The van der Waals surface area contributed by atoms with Gasteiger partial charge in [-0.1, -0.05) is 17.7 Å². The third kappa shape index (κ3) is 5.61. The van der Waals surface area contributed by atoms with Crippen molar-refractivity contribution in [3.05, 3.63) is 70.5 Å². The fourth-order valence-electron chi connectivity index (χ4n) is 5.05. The molecule has 0 saturated carbocycles. The van der Waals surface area contributed by atoms with Gasteiger partial charge in [0, 0.05) is 42.5 Å². The smallest absolute Gasteiger partial charge is 0.354 e. The summed E-state index contributed by atoms with van der Waals surface area (Å²) in [5, 5.41) is 14.3. The molecule has 0 bridgehead atoms. The Morgan fingerprint density at radius 1 is 1.15 bits per heavy atom. The number of imidazole rings is 1. The van der Waals surface area contributed by atoms with Gasteiger partial charge in [-0.2, -0.15) is 0 Å². The predicted octanol–water partition coefficient (Wildman–Crippen LogP) is 4.32. The van der Waals surface area contributed by atoms with E-state index in [1.54, 1.807) is 24.3 Å². The highest BCUT2D eigenvalue weighted by Crippen LogP contribution is 2.26. The zero-order chi connectivity index (χ0) is 26.9. The lowest BCUT2D eigenvalue weighted by Gasteiger charge is -2.32. The molecule has 0 spiro atoms. The van der Waals surface area contributed by atoms with Crippen LogP contribution in [0.5, 0.6) is 5.88 Å². The first-order valence-electron chi connectivity index (χ1n) is 13.0. The van der Waals surface area contributed by atoms with Gasteiger partial charge in [-0.05, 0) is 43.5 Å². The van der Waals surface area contributed by atoms with Crippen LogP contribution in [0.3, 0.4) is 0 Å². The number of benzene rings is 1. The number of likely N-dealkylation sites (tertiary alicyclic amines) is 1. The number of hydrogen-bond acceptors (Lipinski definition) is 7. The normalized spacial score (nSPS) is 18.4. The molecule has 1 atom stereocenters. The number of carboxylic acids is 1. The Bertz CT molecular complexity index is 1490. The van der Waals surface area contributed by atoms with Gasteiger partial charge >= 0.3 is 5.97 Å². The number of aromatic nitrogens is 5. The zero-order valence-corrected chi connectivity index (χ0v) is 21.9. The van der Waals surface area contributed by atoms with E-state index in [1.807, 2.05) is 15.4 Å². The van der Waals surface area contributed by atoms with Crippen LogP contribution < -0.4 is 4.74 Å². The van der Waals surface area contributed by atoms with Gasteiger partial charge in [0.2, 0.25) is 5.88 Å². The molecule has 2 aliphatic rings. The van der Waals surface area contributed by atoms with E-state index in [2.05, 4.69) is 15.0 Å². The summed E-state index contributed by atoms with van der Waals surface area (Å²) < 4.78 is 29.3.